The summed E-state index contributed by atoms with van der Waals surface area (Å²) in [7, 11) is 1.55. The molecule has 1 aromatic heterocycles. The number of ether oxygens (including phenoxy) is 1. The standard InChI is InChI=1S/C18H15ClN2O2S/c1-11-16(24-18(20-11)12-6-4-3-5-7-12)17(22)21-13-8-9-15(23-2)14(19)10-13/h3-10H,1-2H3,(H,21,22). The van der Waals surface area contributed by atoms with Crippen LogP contribution in [0.1, 0.15) is 15.4 Å². The zero-order valence-electron chi connectivity index (χ0n) is 13.2. The minimum Gasteiger partial charge on any atom is -0.495 e. The zero-order chi connectivity index (χ0) is 17.1. The number of amides is 1. The maximum Gasteiger partial charge on any atom is 0.267 e. The molecular formula is C18H15ClN2O2S. The lowest BCUT2D eigenvalue weighted by Crippen LogP contribution is -2.11. The lowest BCUT2D eigenvalue weighted by Gasteiger charge is -2.07. The number of hydrogen-bond acceptors (Lipinski definition) is 4. The summed E-state index contributed by atoms with van der Waals surface area (Å²) in [5.74, 6) is 0.364. The molecule has 4 nitrogen and oxygen atoms in total. The Morgan fingerprint density at radius 3 is 2.62 bits per heavy atom. The molecule has 0 aliphatic rings. The van der Waals surface area contributed by atoms with E-state index in [-0.39, 0.29) is 5.91 Å². The van der Waals surface area contributed by atoms with Gasteiger partial charge < -0.3 is 10.1 Å². The molecule has 0 spiro atoms. The number of hydrogen-bond donors (Lipinski definition) is 1. The van der Waals surface area contributed by atoms with Gasteiger partial charge in [-0.15, -0.1) is 11.3 Å². The van der Waals surface area contributed by atoms with Crippen molar-refractivity contribution >= 4 is 34.5 Å². The molecule has 3 rings (SSSR count). The van der Waals surface area contributed by atoms with Gasteiger partial charge in [0.05, 0.1) is 17.8 Å². The summed E-state index contributed by atoms with van der Waals surface area (Å²) >= 11 is 7.46. The second-order valence-corrected chi connectivity index (χ2v) is 6.51. The fraction of sp³-hybridized carbons (Fsp3) is 0.111. The molecule has 0 fully saturated rings. The lowest BCUT2D eigenvalue weighted by atomic mass is 10.2. The van der Waals surface area contributed by atoms with Crippen molar-refractivity contribution in [2.75, 3.05) is 12.4 Å². The van der Waals surface area contributed by atoms with Crippen LogP contribution in [0.4, 0.5) is 5.69 Å². The van der Waals surface area contributed by atoms with E-state index in [1.54, 1.807) is 25.3 Å². The molecule has 1 amide bonds. The number of carbonyl (C=O) groups excluding carboxylic acids is 1. The third-order valence-corrected chi connectivity index (χ3v) is 4.93. The summed E-state index contributed by atoms with van der Waals surface area (Å²) in [5.41, 5.74) is 2.31. The van der Waals surface area contributed by atoms with Crippen molar-refractivity contribution in [2.24, 2.45) is 0 Å². The van der Waals surface area contributed by atoms with Crippen LogP contribution in [-0.4, -0.2) is 18.0 Å². The smallest absolute Gasteiger partial charge is 0.267 e. The first-order valence-electron chi connectivity index (χ1n) is 7.26. The molecule has 2 aromatic carbocycles. The first-order chi connectivity index (χ1) is 11.6. The van der Waals surface area contributed by atoms with Crippen LogP contribution < -0.4 is 10.1 Å². The quantitative estimate of drug-likeness (QED) is 0.711. The largest absolute Gasteiger partial charge is 0.495 e. The number of anilines is 1. The fourth-order valence-electron chi connectivity index (χ4n) is 2.24. The predicted octanol–water partition coefficient (Wildman–Crippen LogP) is 5.03. The summed E-state index contributed by atoms with van der Waals surface area (Å²) < 4.78 is 5.11. The van der Waals surface area contributed by atoms with Gasteiger partial charge in [-0.3, -0.25) is 4.79 Å². The number of aryl methyl sites for hydroxylation is 1. The van der Waals surface area contributed by atoms with Crippen molar-refractivity contribution in [1.29, 1.82) is 0 Å². The Morgan fingerprint density at radius 1 is 1.21 bits per heavy atom. The van der Waals surface area contributed by atoms with Crippen LogP contribution in [-0.2, 0) is 0 Å². The Kier molecular flexibility index (Phi) is 4.83. The molecule has 1 heterocycles. The number of aromatic nitrogens is 1. The Bertz CT molecular complexity index is 878. The minimum absolute atomic E-state index is 0.201. The minimum atomic E-state index is -0.201. The Balaban J connectivity index is 1.83. The number of methoxy groups -OCH3 is 1. The van der Waals surface area contributed by atoms with E-state index in [0.717, 1.165) is 10.6 Å². The van der Waals surface area contributed by atoms with Gasteiger partial charge >= 0.3 is 0 Å². The van der Waals surface area contributed by atoms with Crippen LogP contribution >= 0.6 is 22.9 Å². The van der Waals surface area contributed by atoms with Crippen LogP contribution in [0.5, 0.6) is 5.75 Å². The van der Waals surface area contributed by atoms with Crippen LogP contribution in [0.15, 0.2) is 48.5 Å². The highest BCUT2D eigenvalue weighted by Gasteiger charge is 2.16. The second-order valence-electron chi connectivity index (χ2n) is 5.10. The molecule has 1 N–H and O–H groups in total. The van der Waals surface area contributed by atoms with E-state index < -0.39 is 0 Å². The van der Waals surface area contributed by atoms with Gasteiger partial charge in [-0.25, -0.2) is 4.98 Å². The fourth-order valence-corrected chi connectivity index (χ4v) is 3.47. The van der Waals surface area contributed by atoms with E-state index in [2.05, 4.69) is 10.3 Å². The molecular weight excluding hydrogens is 344 g/mol. The first kappa shape index (κ1) is 16.5. The molecule has 0 radical (unpaired) electrons. The van der Waals surface area contributed by atoms with Crippen LogP contribution in [0.2, 0.25) is 5.02 Å². The van der Waals surface area contributed by atoms with E-state index in [0.29, 0.717) is 27.0 Å². The summed E-state index contributed by atoms with van der Waals surface area (Å²) in [6.45, 7) is 1.83. The first-order valence-corrected chi connectivity index (χ1v) is 8.45. The number of nitrogens with one attached hydrogen (secondary N) is 1. The molecule has 0 unspecified atom stereocenters. The monoisotopic (exact) mass is 358 g/mol. The Morgan fingerprint density at radius 2 is 1.96 bits per heavy atom. The maximum absolute atomic E-state index is 12.5. The molecule has 122 valence electrons. The summed E-state index contributed by atoms with van der Waals surface area (Å²) in [6, 6.07) is 14.9. The van der Waals surface area contributed by atoms with Crippen molar-refractivity contribution in [3.63, 3.8) is 0 Å². The lowest BCUT2D eigenvalue weighted by molar-refractivity contribution is 0.103. The number of thiazole rings is 1. The number of nitrogens with zero attached hydrogens (tertiary/aromatic N) is 1. The van der Waals surface area contributed by atoms with Crippen LogP contribution in [0.25, 0.3) is 10.6 Å². The highest BCUT2D eigenvalue weighted by Crippen LogP contribution is 2.30. The van der Waals surface area contributed by atoms with Gasteiger partial charge in [0.25, 0.3) is 5.91 Å². The zero-order valence-corrected chi connectivity index (χ0v) is 14.7. The number of rotatable bonds is 4. The van der Waals surface area contributed by atoms with Crippen molar-refractivity contribution < 1.29 is 9.53 Å². The van der Waals surface area contributed by atoms with E-state index in [4.69, 9.17) is 16.3 Å². The van der Waals surface area contributed by atoms with Gasteiger partial charge in [-0.2, -0.15) is 0 Å². The number of halogens is 1. The van der Waals surface area contributed by atoms with Gasteiger partial charge in [-0.1, -0.05) is 41.9 Å². The third kappa shape index (κ3) is 3.42. The molecule has 6 heteroatoms. The van der Waals surface area contributed by atoms with Crippen molar-refractivity contribution in [3.05, 3.63) is 64.1 Å². The third-order valence-electron chi connectivity index (χ3n) is 3.43. The van der Waals surface area contributed by atoms with E-state index in [9.17, 15) is 4.79 Å². The summed E-state index contributed by atoms with van der Waals surface area (Å²) in [5, 5.41) is 4.12. The van der Waals surface area contributed by atoms with Crippen molar-refractivity contribution in [1.82, 2.24) is 4.98 Å². The highest BCUT2D eigenvalue weighted by atomic mass is 35.5. The van der Waals surface area contributed by atoms with Crippen LogP contribution in [0, 0.1) is 6.92 Å². The summed E-state index contributed by atoms with van der Waals surface area (Å²) in [6.07, 6.45) is 0. The molecule has 0 atom stereocenters. The average molecular weight is 359 g/mol. The molecule has 24 heavy (non-hydrogen) atoms. The SMILES string of the molecule is COc1ccc(NC(=O)c2sc(-c3ccccc3)nc2C)cc1Cl. The van der Waals surface area contributed by atoms with Crippen molar-refractivity contribution in [2.45, 2.75) is 6.92 Å². The van der Waals surface area contributed by atoms with Gasteiger partial charge in [0.15, 0.2) is 0 Å². The number of benzene rings is 2. The van der Waals surface area contributed by atoms with Gasteiger partial charge in [0, 0.05) is 11.3 Å². The molecule has 0 saturated heterocycles. The van der Waals surface area contributed by atoms with E-state index in [1.165, 1.54) is 11.3 Å². The molecule has 0 aliphatic heterocycles. The van der Waals surface area contributed by atoms with E-state index >= 15 is 0 Å². The normalized spacial score (nSPS) is 10.5. The number of carbonyl (C=O) groups is 1. The van der Waals surface area contributed by atoms with Gasteiger partial charge in [-0.05, 0) is 25.1 Å². The Hall–Kier alpha value is -2.37. The van der Waals surface area contributed by atoms with Gasteiger partial charge in [0.2, 0.25) is 0 Å². The topological polar surface area (TPSA) is 51.2 Å². The Labute approximate surface area is 149 Å². The van der Waals surface area contributed by atoms with E-state index in [1.807, 2.05) is 37.3 Å². The second kappa shape index (κ2) is 7.03. The predicted molar refractivity (Wildman–Crippen MR) is 98.2 cm³/mol. The molecule has 0 saturated carbocycles. The summed E-state index contributed by atoms with van der Waals surface area (Å²) in [4.78, 5) is 17.6. The maximum atomic E-state index is 12.5. The van der Waals surface area contributed by atoms with Crippen LogP contribution in [0.3, 0.4) is 0 Å². The van der Waals surface area contributed by atoms with Gasteiger partial charge in [0.1, 0.15) is 15.6 Å². The van der Waals surface area contributed by atoms with Crippen molar-refractivity contribution in [3.8, 4) is 16.3 Å². The molecule has 0 aliphatic carbocycles. The molecule has 0 bridgehead atoms. The highest BCUT2D eigenvalue weighted by molar-refractivity contribution is 7.17. The molecule has 3 aromatic rings. The average Bonchev–Trinajstić information content (AvgIpc) is 2.98.